The number of rotatable bonds is 20. The number of anilines is 2. The van der Waals surface area contributed by atoms with E-state index in [-0.39, 0.29) is 53.0 Å². The largest absolute Gasteiger partial charge is 0.444 e. The van der Waals surface area contributed by atoms with Crippen molar-refractivity contribution in [2.24, 2.45) is 12.8 Å². The molecule has 376 valence electrons. The molecule has 1 aliphatic heterocycles. The molecule has 24 heteroatoms. The number of fused-ring (bicyclic) bond motifs is 1. The summed E-state index contributed by atoms with van der Waals surface area (Å²) in [6, 6.07) is 14.6. The van der Waals surface area contributed by atoms with E-state index in [2.05, 4.69) is 31.0 Å². The Kier molecular flexibility index (Phi) is 15.8. The first kappa shape index (κ1) is 51.2. The lowest BCUT2D eigenvalue weighted by Crippen LogP contribution is -2.44. The minimum Gasteiger partial charge on any atom is -0.444 e. The van der Waals surface area contributed by atoms with Crippen LogP contribution in [-0.2, 0) is 43.8 Å². The lowest BCUT2D eigenvalue weighted by Gasteiger charge is -2.27. The van der Waals surface area contributed by atoms with Crippen LogP contribution in [0.15, 0.2) is 82.5 Å². The number of imidazole rings is 1. The standard InChI is InChI=1S/C47H52F3N11O10/c1-46(2,3)71-45(67)59(27-47(48,49)50)36-23-30(16-17-53-36)43-55-33(26-70-43)41(64)54-32-25-60(57-38(32)40(51)63)31-12-10-28(11-13-31)24-52-18-20-69-22-21-68-19-6-8-29-7-5-9-34-39(29)58(4)44(66)61(34)35-14-15-37(62)56-42(35)65/h5,7,9-13,16-17,23,25-26,35,52H,6,8,14-15,18-22,24,27H2,1-4H3,(H2,51,63)(H,54,64)(H,56,62,65)/t35-/m1/s1. The second-order valence-corrected chi connectivity index (χ2v) is 17.4. The third-order valence-corrected chi connectivity index (χ3v) is 10.9. The predicted octanol–water partition coefficient (Wildman–Crippen LogP) is 4.96. The van der Waals surface area contributed by atoms with E-state index in [0.29, 0.717) is 68.5 Å². The molecule has 0 radical (unpaired) electrons. The maximum Gasteiger partial charge on any atom is 0.416 e. The van der Waals surface area contributed by atoms with Gasteiger partial charge in [0.05, 0.1) is 48.4 Å². The smallest absolute Gasteiger partial charge is 0.416 e. The number of halogens is 3. The molecule has 5 amide bonds. The number of ether oxygens (including phenoxy) is 3. The van der Waals surface area contributed by atoms with Gasteiger partial charge in [-0.3, -0.25) is 38.5 Å². The minimum atomic E-state index is -4.78. The summed E-state index contributed by atoms with van der Waals surface area (Å²) in [5.74, 6) is -3.13. The zero-order chi connectivity index (χ0) is 51.0. The number of carbonyl (C=O) groups excluding carboxylic acids is 5. The minimum absolute atomic E-state index is 0.0297. The van der Waals surface area contributed by atoms with Crippen molar-refractivity contribution in [2.45, 2.75) is 70.8 Å². The van der Waals surface area contributed by atoms with Gasteiger partial charge in [-0.25, -0.2) is 24.2 Å². The Balaban J connectivity index is 0.841. The van der Waals surface area contributed by atoms with Crippen molar-refractivity contribution in [3.05, 3.63) is 106 Å². The summed E-state index contributed by atoms with van der Waals surface area (Å²) in [6.07, 6.45) is -0.722. The van der Waals surface area contributed by atoms with Crippen molar-refractivity contribution in [3.63, 3.8) is 0 Å². The molecule has 1 atom stereocenters. The summed E-state index contributed by atoms with van der Waals surface area (Å²) >= 11 is 0. The zero-order valence-electron chi connectivity index (χ0n) is 39.2. The average molecular weight is 988 g/mol. The molecule has 1 aliphatic rings. The highest BCUT2D eigenvalue weighted by molar-refractivity contribution is 6.07. The van der Waals surface area contributed by atoms with Crippen LogP contribution in [0, 0.1) is 0 Å². The van der Waals surface area contributed by atoms with E-state index < -0.39 is 54.0 Å². The van der Waals surface area contributed by atoms with Crippen molar-refractivity contribution in [1.29, 1.82) is 0 Å². The fraction of sp³-hybridized carbons (Fsp3) is 0.383. The molecule has 5 heterocycles. The summed E-state index contributed by atoms with van der Waals surface area (Å²) in [4.78, 5) is 84.2. The molecule has 71 heavy (non-hydrogen) atoms. The van der Waals surface area contributed by atoms with E-state index in [0.717, 1.165) is 35.2 Å². The summed E-state index contributed by atoms with van der Waals surface area (Å²) in [5.41, 5.74) is 7.60. The van der Waals surface area contributed by atoms with Gasteiger partial charge in [0, 0.05) is 44.9 Å². The fourth-order valence-corrected chi connectivity index (χ4v) is 7.69. The molecule has 7 rings (SSSR count). The third-order valence-electron chi connectivity index (χ3n) is 10.9. The number of nitrogens with two attached hydrogens (primary N) is 1. The molecule has 0 bridgehead atoms. The lowest BCUT2D eigenvalue weighted by molar-refractivity contribution is -0.135. The summed E-state index contributed by atoms with van der Waals surface area (Å²) in [6.45, 7) is 5.66. The number of nitrogens with zero attached hydrogens (tertiary/aromatic N) is 7. The van der Waals surface area contributed by atoms with E-state index in [9.17, 15) is 41.9 Å². The Labute approximate surface area is 403 Å². The van der Waals surface area contributed by atoms with Crippen molar-refractivity contribution >= 4 is 52.3 Å². The van der Waals surface area contributed by atoms with Crippen LogP contribution in [0.3, 0.4) is 0 Å². The van der Waals surface area contributed by atoms with Crippen LogP contribution in [-0.4, -0.2) is 110 Å². The van der Waals surface area contributed by atoms with Gasteiger partial charge in [-0.1, -0.05) is 24.3 Å². The average Bonchev–Trinajstić information content (AvgIpc) is 4.04. The molecule has 0 saturated carbocycles. The van der Waals surface area contributed by atoms with Crippen LogP contribution >= 0.6 is 0 Å². The molecule has 0 aliphatic carbocycles. The first-order valence-corrected chi connectivity index (χ1v) is 22.4. The maximum atomic E-state index is 13.5. The molecule has 6 aromatic rings. The van der Waals surface area contributed by atoms with Crippen LogP contribution in [0.4, 0.5) is 29.5 Å². The van der Waals surface area contributed by atoms with Crippen molar-refractivity contribution in [2.75, 3.05) is 49.7 Å². The van der Waals surface area contributed by atoms with E-state index >= 15 is 0 Å². The number of aryl methyl sites for hydroxylation is 2. The first-order chi connectivity index (χ1) is 33.8. The monoisotopic (exact) mass is 987 g/mol. The van der Waals surface area contributed by atoms with Gasteiger partial charge < -0.3 is 35.0 Å². The molecule has 2 aromatic carbocycles. The van der Waals surface area contributed by atoms with Crippen LogP contribution in [0.25, 0.3) is 28.2 Å². The van der Waals surface area contributed by atoms with Gasteiger partial charge in [-0.05, 0) is 81.5 Å². The highest BCUT2D eigenvalue weighted by Gasteiger charge is 2.37. The van der Waals surface area contributed by atoms with Crippen molar-refractivity contribution in [1.82, 2.24) is 39.5 Å². The summed E-state index contributed by atoms with van der Waals surface area (Å²) in [5, 5.41) is 12.4. The van der Waals surface area contributed by atoms with Crippen LogP contribution in [0.5, 0.6) is 0 Å². The highest BCUT2D eigenvalue weighted by Crippen LogP contribution is 2.29. The van der Waals surface area contributed by atoms with Crippen molar-refractivity contribution in [3.8, 4) is 17.1 Å². The second-order valence-electron chi connectivity index (χ2n) is 17.4. The van der Waals surface area contributed by atoms with E-state index in [1.54, 1.807) is 23.7 Å². The molecular weight excluding hydrogens is 936 g/mol. The SMILES string of the molecule is Cn1c(=O)n([C@@H]2CCC(=O)NC2=O)c2cccc(CCCOCCOCCNCc3ccc(-n4cc(NC(=O)c5coc(-c6ccnc(N(CC(F)(F)F)C(=O)OC(C)(C)C)c6)n5)c(C(N)=O)n4)cc3)c21. The molecule has 4 aromatic heterocycles. The van der Waals surface area contributed by atoms with Gasteiger partial charge in [-0.2, -0.15) is 18.3 Å². The number of hydrogen-bond acceptors (Lipinski definition) is 14. The zero-order valence-corrected chi connectivity index (χ0v) is 39.2. The number of imide groups is 1. The number of hydrogen-bond donors (Lipinski definition) is 4. The van der Waals surface area contributed by atoms with E-state index in [4.69, 9.17) is 24.4 Å². The molecule has 5 N–H and O–H groups in total. The van der Waals surface area contributed by atoms with E-state index in [1.165, 1.54) is 42.3 Å². The quantitative estimate of drug-likeness (QED) is 0.0582. The number of alkyl halides is 3. The molecule has 21 nitrogen and oxygen atoms in total. The Bertz CT molecular complexity index is 2970. The van der Waals surface area contributed by atoms with Crippen LogP contribution in [0.2, 0.25) is 0 Å². The Morgan fingerprint density at radius 3 is 2.45 bits per heavy atom. The second kappa shape index (κ2) is 21.9. The number of aromatic nitrogens is 6. The number of pyridine rings is 1. The number of nitrogens with one attached hydrogen (secondary N) is 3. The Morgan fingerprint density at radius 1 is 1.00 bits per heavy atom. The molecule has 1 saturated heterocycles. The van der Waals surface area contributed by atoms with Gasteiger partial charge in [0.2, 0.25) is 17.7 Å². The normalized spacial score (nSPS) is 14.2. The number of amides is 5. The first-order valence-electron chi connectivity index (χ1n) is 22.4. The Morgan fingerprint density at radius 2 is 1.75 bits per heavy atom. The molecule has 0 unspecified atom stereocenters. The van der Waals surface area contributed by atoms with Crippen LogP contribution < -0.4 is 32.3 Å². The molecule has 0 spiro atoms. The fourth-order valence-electron chi connectivity index (χ4n) is 7.69. The maximum absolute atomic E-state index is 13.5. The number of para-hydroxylation sites is 1. The van der Waals surface area contributed by atoms with Gasteiger partial charge in [0.1, 0.15) is 30.3 Å². The Hall–Kier alpha value is -7.70. The van der Waals surface area contributed by atoms with Gasteiger partial charge >= 0.3 is 18.0 Å². The summed E-state index contributed by atoms with van der Waals surface area (Å²) < 4.78 is 66.9. The number of oxazole rings is 1. The lowest BCUT2D eigenvalue weighted by atomic mass is 10.0. The number of benzene rings is 2. The molecule has 1 fully saturated rings. The number of piperidine rings is 1. The van der Waals surface area contributed by atoms with E-state index in [1.807, 2.05) is 30.3 Å². The number of carbonyl (C=O) groups is 5. The number of primary amides is 1. The van der Waals surface area contributed by atoms with Crippen LogP contribution in [0.1, 0.15) is 78.2 Å². The molecular formula is C47H52F3N11O10. The third kappa shape index (κ3) is 12.9. The van der Waals surface area contributed by atoms with Crippen molar-refractivity contribution < 1.29 is 55.8 Å². The topological polar surface area (TPSA) is 262 Å². The van der Waals surface area contributed by atoms with Gasteiger partial charge in [0.15, 0.2) is 11.4 Å². The van der Waals surface area contributed by atoms with Gasteiger partial charge in [0.25, 0.3) is 11.8 Å². The predicted molar refractivity (Wildman–Crippen MR) is 250 cm³/mol. The van der Waals surface area contributed by atoms with Gasteiger partial charge in [-0.15, -0.1) is 0 Å². The summed E-state index contributed by atoms with van der Waals surface area (Å²) in [7, 11) is 1.68. The highest BCUT2D eigenvalue weighted by atomic mass is 19.4.